The van der Waals surface area contributed by atoms with E-state index in [0.29, 0.717) is 5.78 Å². The van der Waals surface area contributed by atoms with E-state index in [-0.39, 0.29) is 0 Å². The molecule has 0 spiro atoms. The third-order valence-corrected chi connectivity index (χ3v) is 5.02. The van der Waals surface area contributed by atoms with Crippen molar-refractivity contribution in [1.29, 1.82) is 0 Å². The van der Waals surface area contributed by atoms with E-state index in [2.05, 4.69) is 12.2 Å². The van der Waals surface area contributed by atoms with E-state index in [0.717, 1.165) is 30.6 Å². The summed E-state index contributed by atoms with van der Waals surface area (Å²) in [5.41, 5.74) is 0. The second-order valence-corrected chi connectivity index (χ2v) is 6.76. The summed E-state index contributed by atoms with van der Waals surface area (Å²) in [6.45, 7) is 1.70. The fourth-order valence-corrected chi connectivity index (χ4v) is 3.89. The Balaban J connectivity index is 1.37. The van der Waals surface area contributed by atoms with Crippen molar-refractivity contribution in [2.45, 2.75) is 77.6 Å². The van der Waals surface area contributed by atoms with Crippen LogP contribution in [0.4, 0.5) is 0 Å². The lowest BCUT2D eigenvalue weighted by Crippen LogP contribution is -2.06. The Bertz CT molecular complexity index is 305. The van der Waals surface area contributed by atoms with Gasteiger partial charge < -0.3 is 4.79 Å². The molecule has 0 aromatic carbocycles. The van der Waals surface area contributed by atoms with Crippen LogP contribution in [0.3, 0.4) is 0 Å². The number of hydrogen-bond acceptors (Lipinski definition) is 1. The summed E-state index contributed by atoms with van der Waals surface area (Å²) in [5, 5.41) is 0. The van der Waals surface area contributed by atoms with Crippen molar-refractivity contribution in [3.05, 3.63) is 12.2 Å². The number of ketones is 1. The molecule has 1 fully saturated rings. The van der Waals surface area contributed by atoms with Crippen LogP contribution in [0, 0.1) is 17.8 Å². The van der Waals surface area contributed by atoms with Crippen molar-refractivity contribution >= 4 is 5.78 Å². The molecule has 0 aromatic rings. The first kappa shape index (κ1) is 14.8. The summed E-state index contributed by atoms with van der Waals surface area (Å²) in [7, 11) is 0. The predicted molar refractivity (Wildman–Crippen MR) is 81.1 cm³/mol. The fraction of sp³-hybridized carbons (Fsp3) is 0.833. The highest BCUT2D eigenvalue weighted by Gasteiger charge is 2.34. The van der Waals surface area contributed by atoms with E-state index in [4.69, 9.17) is 0 Å². The monoisotopic (exact) mass is 262 g/mol. The van der Waals surface area contributed by atoms with Gasteiger partial charge in [-0.05, 0) is 50.4 Å². The summed E-state index contributed by atoms with van der Waals surface area (Å²) in [4.78, 5) is 10.8. The van der Waals surface area contributed by atoms with Gasteiger partial charge in [-0.25, -0.2) is 0 Å². The smallest absolute Gasteiger partial charge is 0.129 e. The fourth-order valence-electron chi connectivity index (χ4n) is 3.89. The molecule has 0 heterocycles. The Kier molecular flexibility index (Phi) is 6.13. The lowest BCUT2D eigenvalue weighted by atomic mass is 9.88. The maximum Gasteiger partial charge on any atom is 0.129 e. The predicted octanol–water partition coefficient (Wildman–Crippen LogP) is 5.30. The van der Waals surface area contributed by atoms with E-state index < -0.39 is 0 Å². The number of allylic oxidation sites excluding steroid dienone is 2. The average molecular weight is 262 g/mol. The molecule has 0 radical (unpaired) electrons. The molecule has 1 heteroatoms. The molecule has 0 N–H and O–H groups in total. The van der Waals surface area contributed by atoms with Crippen molar-refractivity contribution in [3.63, 3.8) is 0 Å². The number of Topliss-reactive ketones (excluding diaryl/α,β-unsaturated/α-hetero) is 1. The van der Waals surface area contributed by atoms with Crippen molar-refractivity contribution in [2.75, 3.05) is 0 Å². The van der Waals surface area contributed by atoms with Gasteiger partial charge in [-0.1, -0.05) is 50.7 Å². The molecule has 108 valence electrons. The van der Waals surface area contributed by atoms with Gasteiger partial charge in [0.05, 0.1) is 0 Å². The second-order valence-electron chi connectivity index (χ2n) is 6.76. The first-order valence-corrected chi connectivity index (χ1v) is 8.43. The van der Waals surface area contributed by atoms with E-state index >= 15 is 0 Å². The normalized spacial score (nSPS) is 28.2. The number of unbranched alkanes of at least 4 members (excludes halogenated alkanes) is 6. The molecule has 1 saturated carbocycles. The summed E-state index contributed by atoms with van der Waals surface area (Å²) in [6, 6.07) is 0. The molecule has 2 bridgehead atoms. The Labute approximate surface area is 118 Å². The zero-order chi connectivity index (χ0) is 13.5. The third-order valence-electron chi connectivity index (χ3n) is 5.02. The third kappa shape index (κ3) is 5.12. The van der Waals surface area contributed by atoms with E-state index in [1.165, 1.54) is 57.8 Å². The number of carbonyl (C=O) groups is 1. The van der Waals surface area contributed by atoms with Crippen LogP contribution in [0.1, 0.15) is 77.6 Å². The van der Waals surface area contributed by atoms with Gasteiger partial charge >= 0.3 is 0 Å². The highest BCUT2D eigenvalue weighted by molar-refractivity contribution is 5.75. The van der Waals surface area contributed by atoms with Gasteiger partial charge in [0.15, 0.2) is 0 Å². The Hall–Kier alpha value is -0.590. The quantitative estimate of drug-likeness (QED) is 0.386. The lowest BCUT2D eigenvalue weighted by molar-refractivity contribution is -0.117. The molecule has 0 saturated heterocycles. The second kappa shape index (κ2) is 7.87. The average Bonchev–Trinajstić information content (AvgIpc) is 2.98. The van der Waals surface area contributed by atoms with Crippen LogP contribution in [0.5, 0.6) is 0 Å². The van der Waals surface area contributed by atoms with Crippen LogP contribution in [0.2, 0.25) is 0 Å². The molecule has 19 heavy (non-hydrogen) atoms. The first-order chi connectivity index (χ1) is 9.25. The molecule has 1 nitrogen and oxygen atoms in total. The minimum atomic E-state index is 0.347. The summed E-state index contributed by atoms with van der Waals surface area (Å²) in [6.07, 6.45) is 19.4. The minimum absolute atomic E-state index is 0.347. The number of rotatable bonds is 10. The molecule has 3 atom stereocenters. The lowest BCUT2D eigenvalue weighted by Gasteiger charge is -2.17. The van der Waals surface area contributed by atoms with Crippen LogP contribution < -0.4 is 0 Å². The summed E-state index contributed by atoms with van der Waals surface area (Å²) < 4.78 is 0. The number of hydrogen-bond donors (Lipinski definition) is 0. The van der Waals surface area contributed by atoms with Crippen LogP contribution in [0.25, 0.3) is 0 Å². The maximum absolute atomic E-state index is 10.8. The highest BCUT2D eigenvalue weighted by atomic mass is 16.1. The van der Waals surface area contributed by atoms with Gasteiger partial charge in [-0.15, -0.1) is 0 Å². The molecule has 2 aliphatic carbocycles. The van der Waals surface area contributed by atoms with E-state index in [1.807, 2.05) is 0 Å². The molecule has 3 unspecified atom stereocenters. The highest BCUT2D eigenvalue weighted by Crippen LogP contribution is 2.45. The molecular weight excluding hydrogens is 232 g/mol. The largest absolute Gasteiger partial charge is 0.300 e. The van der Waals surface area contributed by atoms with Gasteiger partial charge in [-0.3, -0.25) is 0 Å². The van der Waals surface area contributed by atoms with Gasteiger partial charge in [0.25, 0.3) is 0 Å². The zero-order valence-corrected chi connectivity index (χ0v) is 12.6. The summed E-state index contributed by atoms with van der Waals surface area (Å²) in [5.74, 6) is 3.25. The van der Waals surface area contributed by atoms with Gasteiger partial charge in [-0.2, -0.15) is 0 Å². The maximum atomic E-state index is 10.8. The molecule has 2 rings (SSSR count). The van der Waals surface area contributed by atoms with E-state index in [1.54, 1.807) is 6.92 Å². The van der Waals surface area contributed by atoms with Gasteiger partial charge in [0, 0.05) is 6.42 Å². The van der Waals surface area contributed by atoms with Crippen molar-refractivity contribution in [3.8, 4) is 0 Å². The molecule has 0 aromatic heterocycles. The zero-order valence-electron chi connectivity index (χ0n) is 12.6. The molecule has 2 aliphatic rings. The SMILES string of the molecule is CC(=O)CCCCCCCCCC1CC2C=CC1C2. The van der Waals surface area contributed by atoms with Crippen molar-refractivity contribution in [2.24, 2.45) is 17.8 Å². The van der Waals surface area contributed by atoms with Crippen molar-refractivity contribution in [1.82, 2.24) is 0 Å². The standard InChI is InChI=1S/C18H30O/c1-15(19)9-7-5-3-2-4-6-8-10-17-13-16-11-12-18(17)14-16/h11-12,16-18H,2-10,13-14H2,1H3. The molecular formula is C18H30O. The Morgan fingerprint density at radius 1 is 0.947 bits per heavy atom. The minimum Gasteiger partial charge on any atom is -0.300 e. The van der Waals surface area contributed by atoms with Gasteiger partial charge in [0.2, 0.25) is 0 Å². The van der Waals surface area contributed by atoms with Crippen LogP contribution >= 0.6 is 0 Å². The van der Waals surface area contributed by atoms with Gasteiger partial charge in [0.1, 0.15) is 5.78 Å². The Morgan fingerprint density at radius 2 is 1.63 bits per heavy atom. The van der Waals surface area contributed by atoms with Crippen LogP contribution in [0.15, 0.2) is 12.2 Å². The Morgan fingerprint density at radius 3 is 2.21 bits per heavy atom. The van der Waals surface area contributed by atoms with Crippen molar-refractivity contribution < 1.29 is 4.79 Å². The number of fused-ring (bicyclic) bond motifs is 2. The van der Waals surface area contributed by atoms with Crippen LogP contribution in [-0.4, -0.2) is 5.78 Å². The topological polar surface area (TPSA) is 17.1 Å². The summed E-state index contributed by atoms with van der Waals surface area (Å²) >= 11 is 0. The number of carbonyl (C=O) groups excluding carboxylic acids is 1. The molecule has 0 aliphatic heterocycles. The molecule has 0 amide bonds. The first-order valence-electron chi connectivity index (χ1n) is 8.43. The van der Waals surface area contributed by atoms with Crippen LogP contribution in [-0.2, 0) is 4.79 Å². The van der Waals surface area contributed by atoms with E-state index in [9.17, 15) is 4.79 Å².